The molecule has 2 rings (SSSR count). The van der Waals surface area contributed by atoms with Gasteiger partial charge in [0.2, 0.25) is 5.91 Å². The molecule has 0 aliphatic carbocycles. The monoisotopic (exact) mass is 1460 g/mol. The Labute approximate surface area is 633 Å². The van der Waals surface area contributed by atoms with E-state index in [0.29, 0.717) is 12.8 Å². The van der Waals surface area contributed by atoms with Crippen LogP contribution in [0.15, 0.2) is 146 Å². The van der Waals surface area contributed by atoms with Gasteiger partial charge in [0.05, 0.1) is 32.0 Å². The maximum Gasteiger partial charge on any atom is 0.220 e. The molecular weight excluding hydrogens is 1300 g/mol. The lowest BCUT2D eigenvalue weighted by atomic mass is 9.97. The van der Waals surface area contributed by atoms with E-state index in [-0.39, 0.29) is 18.9 Å². The summed E-state index contributed by atoms with van der Waals surface area (Å²) in [6.07, 6.45) is 92.2. The van der Waals surface area contributed by atoms with E-state index in [0.717, 1.165) is 109 Å². The molecule has 104 heavy (non-hydrogen) atoms. The number of carbonyl (C=O) groups is 1. The Morgan fingerprint density at radius 3 is 1.06 bits per heavy atom. The third-order valence-corrected chi connectivity index (χ3v) is 19.5. The molecule has 1 amide bonds. The summed E-state index contributed by atoms with van der Waals surface area (Å²) in [5.41, 5.74) is 0. The fraction of sp³-hybridized carbons (Fsp3) is 0.722. The van der Waals surface area contributed by atoms with Gasteiger partial charge in [-0.15, -0.1) is 0 Å². The first kappa shape index (κ1) is 95.9. The van der Waals surface area contributed by atoms with E-state index in [1.807, 2.05) is 6.08 Å². The SMILES string of the molecule is CC/C=C\C/C=C\C/C=C\C/C=C\C/C=C\C/C=C\C/C=C\C/C=C\C/C=C\CCCCCCCCCCCCCC(=O)NC(COC1OC(CO)C(OC2OC(CO)C(O)C(O)C2O)C(O)C1O)C(O)/C=C/CC/C=C/CC/C=C/CCCCCCCCCCCCCCCCCCCCCCC. The van der Waals surface area contributed by atoms with Crippen LogP contribution in [-0.4, -0.2) is 140 Å². The number of carbonyl (C=O) groups excluding carboxylic acids is 1. The van der Waals surface area contributed by atoms with Gasteiger partial charge in [0.1, 0.15) is 48.8 Å². The van der Waals surface area contributed by atoms with Crippen LogP contribution < -0.4 is 5.32 Å². The van der Waals surface area contributed by atoms with Crippen molar-refractivity contribution in [3.8, 4) is 0 Å². The molecule has 0 aromatic carbocycles. The molecule has 2 aliphatic rings. The Balaban J connectivity index is 1.63. The highest BCUT2D eigenvalue weighted by atomic mass is 16.7. The molecular formula is C90H153NO13. The van der Waals surface area contributed by atoms with Gasteiger partial charge in [-0.3, -0.25) is 4.79 Å². The first-order valence-electron chi connectivity index (χ1n) is 42.1. The molecule has 0 bridgehead atoms. The molecule has 2 heterocycles. The van der Waals surface area contributed by atoms with Crippen molar-refractivity contribution in [2.75, 3.05) is 19.8 Å². The molecule has 9 N–H and O–H groups in total. The average Bonchev–Trinajstić information content (AvgIpc) is 0.791. The van der Waals surface area contributed by atoms with Crippen molar-refractivity contribution in [3.63, 3.8) is 0 Å². The van der Waals surface area contributed by atoms with Gasteiger partial charge in [-0.05, 0) is 116 Å². The van der Waals surface area contributed by atoms with Crippen molar-refractivity contribution in [3.05, 3.63) is 146 Å². The second-order valence-corrected chi connectivity index (χ2v) is 28.9. The first-order chi connectivity index (χ1) is 51.1. The van der Waals surface area contributed by atoms with Gasteiger partial charge in [0.25, 0.3) is 0 Å². The molecule has 14 nitrogen and oxygen atoms in total. The molecule has 12 unspecified atom stereocenters. The third-order valence-electron chi connectivity index (χ3n) is 19.5. The summed E-state index contributed by atoms with van der Waals surface area (Å²) in [5, 5.41) is 87.7. The fourth-order valence-corrected chi connectivity index (χ4v) is 12.9. The van der Waals surface area contributed by atoms with Crippen molar-refractivity contribution < 1.29 is 64.6 Å². The van der Waals surface area contributed by atoms with Crippen LogP contribution in [0, 0.1) is 0 Å². The zero-order valence-corrected chi connectivity index (χ0v) is 65.5. The van der Waals surface area contributed by atoms with E-state index in [1.54, 1.807) is 6.08 Å². The lowest BCUT2D eigenvalue weighted by Crippen LogP contribution is -2.65. The molecule has 12 atom stereocenters. The summed E-state index contributed by atoms with van der Waals surface area (Å²) in [5.74, 6) is -0.259. The summed E-state index contributed by atoms with van der Waals surface area (Å²) < 4.78 is 22.9. The molecule has 0 aromatic rings. The van der Waals surface area contributed by atoms with Gasteiger partial charge < -0.3 is 65.1 Å². The fourth-order valence-electron chi connectivity index (χ4n) is 12.9. The standard InChI is InChI=1S/C90H153NO13/c1-3-5-7-9-11-13-15-17-19-21-23-25-27-29-31-33-35-36-37-38-39-40-41-42-44-46-48-50-52-54-56-58-60-62-64-66-68-70-72-74-82(95)91-78(77-101-89-87(100)85(98)88(81(76-93)103-89)104-90-86(99)84(97)83(96)80(75-92)102-90)79(94)73-71-69-67-65-63-61-59-57-55-53-51-49-47-45-43-34-32-30-28-26-24-22-20-18-16-14-12-10-8-6-4-2/h5,7,11,13,17,19,23,25,29,31,35-36,38-39,41-42,46,48,55,57,63,65,71,73,78-81,83-90,92-94,96-100H,3-4,6,8-10,12,14-16,18,20-22,24,26-28,30,32-34,37,40,43-45,47,49-54,56,58-62,64,66-70,72,74-77H2,1-2H3,(H,91,95)/b7-5-,13-11-,19-17-,25-23-,31-29-,36-35-,39-38-,42-41-,48-46-,57-55+,65-63+,73-71+. The van der Waals surface area contributed by atoms with Gasteiger partial charge in [-0.1, -0.05) is 346 Å². The van der Waals surface area contributed by atoms with Crippen LogP contribution in [0.1, 0.15) is 322 Å². The van der Waals surface area contributed by atoms with Crippen molar-refractivity contribution in [1.29, 1.82) is 0 Å². The van der Waals surface area contributed by atoms with Crippen LogP contribution in [0.4, 0.5) is 0 Å². The zero-order chi connectivity index (χ0) is 75.1. The molecule has 0 aromatic heterocycles. The van der Waals surface area contributed by atoms with Gasteiger partial charge in [0.15, 0.2) is 12.6 Å². The smallest absolute Gasteiger partial charge is 0.220 e. The summed E-state index contributed by atoms with van der Waals surface area (Å²) in [4.78, 5) is 13.4. The number of rotatable bonds is 69. The highest BCUT2D eigenvalue weighted by molar-refractivity contribution is 5.76. The Bertz CT molecular complexity index is 2320. The van der Waals surface area contributed by atoms with E-state index in [9.17, 15) is 45.6 Å². The molecule has 0 spiro atoms. The van der Waals surface area contributed by atoms with Gasteiger partial charge in [0, 0.05) is 6.42 Å². The van der Waals surface area contributed by atoms with Crippen molar-refractivity contribution in [2.24, 2.45) is 0 Å². The van der Waals surface area contributed by atoms with Crippen molar-refractivity contribution >= 4 is 5.91 Å². The normalized spacial score (nSPS) is 22.2. The summed E-state index contributed by atoms with van der Waals surface area (Å²) >= 11 is 0. The number of allylic oxidation sites excluding steroid dienone is 23. The number of unbranched alkanes of at least 4 members (excludes halogenated alkanes) is 34. The number of nitrogens with one attached hydrogen (secondary N) is 1. The Morgan fingerprint density at radius 1 is 0.356 bits per heavy atom. The van der Waals surface area contributed by atoms with Gasteiger partial charge >= 0.3 is 0 Å². The van der Waals surface area contributed by atoms with Crippen molar-refractivity contribution in [1.82, 2.24) is 5.32 Å². The Kier molecular flexibility index (Phi) is 66.2. The predicted molar refractivity (Wildman–Crippen MR) is 433 cm³/mol. The minimum atomic E-state index is -1.80. The van der Waals surface area contributed by atoms with Gasteiger partial charge in [-0.2, -0.15) is 0 Å². The Morgan fingerprint density at radius 2 is 0.673 bits per heavy atom. The average molecular weight is 1460 g/mol. The zero-order valence-electron chi connectivity index (χ0n) is 65.5. The molecule has 0 saturated carbocycles. The topological polar surface area (TPSA) is 228 Å². The van der Waals surface area contributed by atoms with Crippen LogP contribution in [0.3, 0.4) is 0 Å². The summed E-state index contributed by atoms with van der Waals surface area (Å²) in [7, 11) is 0. The van der Waals surface area contributed by atoms with E-state index in [1.165, 1.54) is 180 Å². The quantitative estimate of drug-likeness (QED) is 0.0204. The predicted octanol–water partition coefficient (Wildman–Crippen LogP) is 19.9. The molecule has 2 aliphatic heterocycles. The minimum Gasteiger partial charge on any atom is -0.394 e. The molecule has 14 heteroatoms. The second kappa shape index (κ2) is 71.8. The van der Waals surface area contributed by atoms with Gasteiger partial charge in [-0.25, -0.2) is 0 Å². The minimum absolute atomic E-state index is 0.258. The largest absolute Gasteiger partial charge is 0.394 e. The second-order valence-electron chi connectivity index (χ2n) is 28.9. The van der Waals surface area contributed by atoms with Crippen LogP contribution in [0.2, 0.25) is 0 Å². The maximum absolute atomic E-state index is 13.4. The van der Waals surface area contributed by atoms with Crippen molar-refractivity contribution in [2.45, 2.75) is 396 Å². The summed E-state index contributed by atoms with van der Waals surface area (Å²) in [6.45, 7) is 2.69. The molecule has 596 valence electrons. The van der Waals surface area contributed by atoms with Crippen LogP contribution in [0.5, 0.6) is 0 Å². The van der Waals surface area contributed by atoms with E-state index >= 15 is 0 Å². The highest BCUT2D eigenvalue weighted by Crippen LogP contribution is 2.30. The molecule has 0 radical (unpaired) electrons. The molecule has 2 saturated heterocycles. The molecule has 2 fully saturated rings. The van der Waals surface area contributed by atoms with E-state index < -0.39 is 86.8 Å². The third kappa shape index (κ3) is 53.6. The van der Waals surface area contributed by atoms with E-state index in [4.69, 9.17) is 18.9 Å². The first-order valence-corrected chi connectivity index (χ1v) is 42.1. The summed E-state index contributed by atoms with van der Waals surface area (Å²) in [6, 6.07) is -0.952. The number of ether oxygens (including phenoxy) is 4. The lowest BCUT2D eigenvalue weighted by Gasteiger charge is -2.46. The Hall–Kier alpha value is -4.13. The van der Waals surface area contributed by atoms with E-state index in [2.05, 4.69) is 153 Å². The number of amides is 1. The number of aliphatic hydroxyl groups is 8. The lowest BCUT2D eigenvalue weighted by molar-refractivity contribution is -0.359. The van der Waals surface area contributed by atoms with Crippen LogP contribution >= 0.6 is 0 Å². The highest BCUT2D eigenvalue weighted by Gasteiger charge is 2.51. The van der Waals surface area contributed by atoms with Crippen LogP contribution in [-0.2, 0) is 23.7 Å². The van der Waals surface area contributed by atoms with Crippen LogP contribution in [0.25, 0.3) is 0 Å². The maximum atomic E-state index is 13.4. The number of aliphatic hydroxyl groups excluding tert-OH is 8. The number of hydrogen-bond donors (Lipinski definition) is 9. The number of hydrogen-bond acceptors (Lipinski definition) is 13.